The molecule has 4 heterocycles. The molecule has 0 atom stereocenters. The summed E-state index contributed by atoms with van der Waals surface area (Å²) in [5.74, 6) is 6.32. The third-order valence-corrected chi connectivity index (χ3v) is 10.5. The molecular formula is C46H40F4N10O3. The van der Waals surface area contributed by atoms with Crippen LogP contribution in [0.5, 0.6) is 5.88 Å². The highest BCUT2D eigenvalue weighted by Gasteiger charge is 2.35. The lowest BCUT2D eigenvalue weighted by molar-refractivity contribution is -0.140. The van der Waals surface area contributed by atoms with E-state index in [0.717, 1.165) is 30.3 Å². The van der Waals surface area contributed by atoms with Gasteiger partial charge in [0, 0.05) is 48.3 Å². The molecule has 1 aliphatic carbocycles. The number of imidazole rings is 1. The standard InChI is InChI=1S/C46H40F4N10O3/c1-27(2)60-25-37(46(48,49)50)55-42(60)31-13-10-28(11-14-31)24-59(38-18-20-51-41(56-38)39-40(30-15-16-30)53-26-54-45(39)63-3)21-7-6-19-52-43(61)34-22-29(12-17-35(34)47)23-36-32-8-4-5-9-33(32)44(62)58-57-36/h4-5,8-14,17-18,20,22,25-27,30H,15-16,19,21,23-24H2,1-3H3,(H,52,61)(H,58,62). The van der Waals surface area contributed by atoms with Gasteiger partial charge in [0.1, 0.15) is 29.4 Å². The quantitative estimate of drug-likeness (QED) is 0.0871. The van der Waals surface area contributed by atoms with Gasteiger partial charge in [-0.25, -0.2) is 34.4 Å². The fourth-order valence-electron chi connectivity index (χ4n) is 7.18. The van der Waals surface area contributed by atoms with Gasteiger partial charge in [-0.1, -0.05) is 60.4 Å². The molecule has 1 aliphatic rings. The van der Waals surface area contributed by atoms with E-state index in [4.69, 9.17) is 9.72 Å². The van der Waals surface area contributed by atoms with E-state index in [1.165, 1.54) is 30.1 Å². The summed E-state index contributed by atoms with van der Waals surface area (Å²) in [6.45, 7) is 3.89. The van der Waals surface area contributed by atoms with Gasteiger partial charge in [-0.05, 0) is 62.1 Å². The van der Waals surface area contributed by atoms with Crippen molar-refractivity contribution >= 4 is 22.5 Å². The summed E-state index contributed by atoms with van der Waals surface area (Å²) < 4.78 is 63.0. The highest BCUT2D eigenvalue weighted by molar-refractivity contribution is 5.95. The number of carbonyl (C=O) groups excluding carboxylic acids is 1. The molecule has 1 saturated carbocycles. The highest BCUT2D eigenvalue weighted by atomic mass is 19.4. The Labute approximate surface area is 358 Å². The average Bonchev–Trinajstić information content (AvgIpc) is 4.03. The van der Waals surface area contributed by atoms with E-state index in [1.807, 2.05) is 17.0 Å². The number of anilines is 1. The zero-order chi connectivity index (χ0) is 44.3. The Hall–Kier alpha value is -7.48. The molecule has 0 unspecified atom stereocenters. The van der Waals surface area contributed by atoms with E-state index < -0.39 is 23.6 Å². The summed E-state index contributed by atoms with van der Waals surface area (Å²) in [4.78, 5) is 49.6. The first-order chi connectivity index (χ1) is 30.4. The second kappa shape index (κ2) is 17.9. The number of H-pyrrole nitrogens is 1. The van der Waals surface area contributed by atoms with Crippen LogP contribution in [0.15, 0.2) is 96.3 Å². The van der Waals surface area contributed by atoms with Crippen LogP contribution in [0.1, 0.15) is 77.2 Å². The van der Waals surface area contributed by atoms with Gasteiger partial charge in [0.25, 0.3) is 11.5 Å². The Bertz CT molecular complexity index is 2930. The molecule has 4 aromatic heterocycles. The molecule has 63 heavy (non-hydrogen) atoms. The first kappa shape index (κ1) is 42.2. The molecule has 8 rings (SSSR count). The van der Waals surface area contributed by atoms with Crippen LogP contribution in [-0.4, -0.2) is 65.8 Å². The maximum absolute atomic E-state index is 15.0. The van der Waals surface area contributed by atoms with Gasteiger partial charge in [0.05, 0.1) is 42.5 Å². The largest absolute Gasteiger partial charge is 0.480 e. The zero-order valence-corrected chi connectivity index (χ0v) is 34.4. The molecule has 1 amide bonds. The maximum atomic E-state index is 15.0. The number of alkyl halides is 3. The third kappa shape index (κ3) is 9.39. The number of benzene rings is 3. The van der Waals surface area contributed by atoms with Crippen LogP contribution in [0.25, 0.3) is 33.5 Å². The van der Waals surface area contributed by atoms with Crippen molar-refractivity contribution < 1.29 is 27.1 Å². The van der Waals surface area contributed by atoms with Gasteiger partial charge in [-0.3, -0.25) is 9.59 Å². The fourth-order valence-corrected chi connectivity index (χ4v) is 7.18. The van der Waals surface area contributed by atoms with Crippen LogP contribution in [0.3, 0.4) is 0 Å². The maximum Gasteiger partial charge on any atom is 0.434 e. The van der Waals surface area contributed by atoms with Crippen LogP contribution < -0.4 is 20.5 Å². The average molecular weight is 857 g/mol. The number of methoxy groups -OCH3 is 1. The SMILES string of the molecule is COc1ncnc(C2CC2)c1-c1nccc(N(CC#CCNC(=O)c2cc(Cc3n[nH]c(=O)c4ccccc34)ccc2F)Cc2ccc(-c3nc(C(F)(F)F)cn3C(C)C)cc2)n1. The molecular weight excluding hydrogens is 817 g/mol. The van der Waals surface area contributed by atoms with Crippen LogP contribution >= 0.6 is 0 Å². The number of nitrogens with one attached hydrogen (secondary N) is 2. The monoisotopic (exact) mass is 856 g/mol. The van der Waals surface area contributed by atoms with E-state index in [0.29, 0.717) is 50.7 Å². The Morgan fingerprint density at radius 2 is 1.75 bits per heavy atom. The molecule has 3 aromatic carbocycles. The van der Waals surface area contributed by atoms with Crippen molar-refractivity contribution in [1.82, 2.24) is 45.0 Å². The number of nitrogens with zero attached hydrogens (tertiary/aromatic N) is 8. The second-order valence-corrected chi connectivity index (χ2v) is 15.2. The fraction of sp³-hybridized carbons (Fsp3) is 0.261. The van der Waals surface area contributed by atoms with E-state index >= 15 is 0 Å². The molecule has 0 spiro atoms. The van der Waals surface area contributed by atoms with Crippen molar-refractivity contribution in [3.8, 4) is 40.5 Å². The topological polar surface area (TPSA) is 157 Å². The normalized spacial score (nSPS) is 12.6. The van der Waals surface area contributed by atoms with E-state index in [1.54, 1.807) is 68.6 Å². The minimum absolute atomic E-state index is 0.0993. The molecule has 0 aliphatic heterocycles. The van der Waals surface area contributed by atoms with Crippen LogP contribution in [0, 0.1) is 17.7 Å². The summed E-state index contributed by atoms with van der Waals surface area (Å²) in [6.07, 6.45) is 1.70. The number of aromatic nitrogens is 8. The molecule has 0 saturated heterocycles. The summed E-state index contributed by atoms with van der Waals surface area (Å²) >= 11 is 0. The van der Waals surface area contributed by atoms with Gasteiger partial charge in [-0.2, -0.15) is 18.3 Å². The number of amides is 1. The van der Waals surface area contributed by atoms with Crippen LogP contribution in [-0.2, 0) is 19.1 Å². The van der Waals surface area contributed by atoms with Gasteiger partial charge < -0.3 is 19.5 Å². The molecule has 320 valence electrons. The summed E-state index contributed by atoms with van der Waals surface area (Å²) in [5.41, 5.74) is 2.45. The number of halogens is 4. The van der Waals surface area contributed by atoms with Gasteiger partial charge in [0.15, 0.2) is 11.5 Å². The molecule has 0 radical (unpaired) electrons. The Balaban J connectivity index is 1.02. The number of rotatable bonds is 13. The molecule has 2 N–H and O–H groups in total. The van der Waals surface area contributed by atoms with Crippen LogP contribution in [0.2, 0.25) is 0 Å². The van der Waals surface area contributed by atoms with Gasteiger partial charge in [0.2, 0.25) is 5.88 Å². The van der Waals surface area contributed by atoms with E-state index in [9.17, 15) is 27.2 Å². The minimum Gasteiger partial charge on any atom is -0.480 e. The lowest BCUT2D eigenvalue weighted by Gasteiger charge is -2.22. The number of hydrogen-bond acceptors (Lipinski definition) is 10. The molecule has 17 heteroatoms. The first-order valence-corrected chi connectivity index (χ1v) is 20.1. The third-order valence-electron chi connectivity index (χ3n) is 10.5. The Morgan fingerprint density at radius 3 is 2.48 bits per heavy atom. The number of aromatic amines is 1. The van der Waals surface area contributed by atoms with Crippen LogP contribution in [0.4, 0.5) is 23.4 Å². The summed E-state index contributed by atoms with van der Waals surface area (Å²) in [5, 5.41) is 10.5. The van der Waals surface area contributed by atoms with Crippen molar-refractivity contribution in [3.05, 3.63) is 141 Å². The smallest absolute Gasteiger partial charge is 0.434 e. The lowest BCUT2D eigenvalue weighted by atomic mass is 10.0. The predicted molar refractivity (Wildman–Crippen MR) is 227 cm³/mol. The highest BCUT2D eigenvalue weighted by Crippen LogP contribution is 2.45. The van der Waals surface area contributed by atoms with Gasteiger partial charge in [-0.15, -0.1) is 0 Å². The number of hydrogen-bond donors (Lipinski definition) is 2. The number of fused-ring (bicyclic) bond motifs is 1. The van der Waals surface area contributed by atoms with E-state index in [2.05, 4.69) is 47.3 Å². The van der Waals surface area contributed by atoms with Crippen molar-refractivity contribution in [2.75, 3.05) is 25.1 Å². The lowest BCUT2D eigenvalue weighted by Crippen LogP contribution is -2.26. The minimum atomic E-state index is -4.59. The molecule has 0 bridgehead atoms. The number of carbonyl (C=O) groups is 1. The summed E-state index contributed by atoms with van der Waals surface area (Å²) in [6, 6.07) is 19.8. The number of ether oxygens (including phenoxy) is 1. The summed E-state index contributed by atoms with van der Waals surface area (Å²) in [7, 11) is 1.52. The second-order valence-electron chi connectivity index (χ2n) is 15.2. The van der Waals surface area contributed by atoms with Crippen molar-refractivity contribution in [2.45, 2.75) is 57.8 Å². The van der Waals surface area contributed by atoms with Gasteiger partial charge >= 0.3 is 6.18 Å². The molecule has 13 nitrogen and oxygen atoms in total. The van der Waals surface area contributed by atoms with Crippen molar-refractivity contribution in [2.24, 2.45) is 0 Å². The van der Waals surface area contributed by atoms with Crippen molar-refractivity contribution in [3.63, 3.8) is 0 Å². The van der Waals surface area contributed by atoms with Crippen molar-refractivity contribution in [1.29, 1.82) is 0 Å². The molecule has 7 aromatic rings. The van der Waals surface area contributed by atoms with E-state index in [-0.39, 0.29) is 55.0 Å². The predicted octanol–water partition coefficient (Wildman–Crippen LogP) is 7.69. The Kier molecular flexibility index (Phi) is 12.0. The molecule has 1 fully saturated rings. The zero-order valence-electron chi connectivity index (χ0n) is 34.4. The first-order valence-electron chi connectivity index (χ1n) is 20.1. The Morgan fingerprint density at radius 1 is 0.984 bits per heavy atom.